The third kappa shape index (κ3) is 1.92. The van der Waals surface area contributed by atoms with Crippen molar-refractivity contribution in [3.8, 4) is 0 Å². The molecule has 1 saturated heterocycles. The predicted octanol–water partition coefficient (Wildman–Crippen LogP) is 0.997. The second-order valence-corrected chi connectivity index (χ2v) is 4.91. The van der Waals surface area contributed by atoms with Gasteiger partial charge in [-0.2, -0.15) is 0 Å². The molecule has 0 aromatic rings. The van der Waals surface area contributed by atoms with Gasteiger partial charge in [-0.3, -0.25) is 4.79 Å². The maximum atomic E-state index is 11.8. The lowest BCUT2D eigenvalue weighted by Gasteiger charge is -2.39. The van der Waals surface area contributed by atoms with Crippen LogP contribution in [0.15, 0.2) is 0 Å². The van der Waals surface area contributed by atoms with Gasteiger partial charge in [0.1, 0.15) is 0 Å². The number of nitrogens with one attached hydrogen (secondary N) is 1. The predicted molar refractivity (Wildman–Crippen MR) is 56.0 cm³/mol. The third-order valence-corrected chi connectivity index (χ3v) is 3.71. The molecular formula is C11H20N2O. The van der Waals surface area contributed by atoms with E-state index in [1.807, 2.05) is 7.05 Å². The number of carbonyl (C=O) groups is 1. The van der Waals surface area contributed by atoms with E-state index in [4.69, 9.17) is 0 Å². The van der Waals surface area contributed by atoms with Gasteiger partial charge < -0.3 is 10.2 Å². The van der Waals surface area contributed by atoms with Gasteiger partial charge in [0.15, 0.2) is 0 Å². The Morgan fingerprint density at radius 2 is 1.93 bits per heavy atom. The van der Waals surface area contributed by atoms with Crippen LogP contribution in [0.2, 0.25) is 0 Å². The number of nitrogens with zero attached hydrogens (tertiary/aromatic N) is 1. The molecule has 1 saturated carbocycles. The van der Waals surface area contributed by atoms with Crippen LogP contribution in [0, 0.1) is 5.92 Å². The molecule has 0 aromatic carbocycles. The van der Waals surface area contributed by atoms with Gasteiger partial charge in [0, 0.05) is 24.5 Å². The Kier molecular flexibility index (Phi) is 2.52. The molecule has 0 atom stereocenters. The highest BCUT2D eigenvalue weighted by molar-refractivity contribution is 5.81. The number of piperidine rings is 1. The van der Waals surface area contributed by atoms with Crippen molar-refractivity contribution in [2.45, 2.75) is 38.1 Å². The van der Waals surface area contributed by atoms with Crippen LogP contribution in [0.25, 0.3) is 0 Å². The van der Waals surface area contributed by atoms with Gasteiger partial charge in [0.2, 0.25) is 5.91 Å². The molecule has 0 unspecified atom stereocenters. The lowest BCUT2D eigenvalue weighted by Crippen LogP contribution is -2.51. The van der Waals surface area contributed by atoms with Crippen LogP contribution in [0.1, 0.15) is 32.6 Å². The molecule has 1 amide bonds. The molecule has 1 aliphatic carbocycles. The Morgan fingerprint density at radius 3 is 2.36 bits per heavy atom. The highest BCUT2D eigenvalue weighted by Gasteiger charge is 2.37. The van der Waals surface area contributed by atoms with Crippen LogP contribution in [0.4, 0.5) is 0 Å². The highest BCUT2D eigenvalue weighted by Crippen LogP contribution is 2.32. The Hall–Kier alpha value is -0.570. The molecule has 14 heavy (non-hydrogen) atoms. The molecule has 2 rings (SSSR count). The molecular weight excluding hydrogens is 176 g/mol. The lowest BCUT2D eigenvalue weighted by atomic mass is 9.90. The minimum Gasteiger partial charge on any atom is -0.342 e. The van der Waals surface area contributed by atoms with Gasteiger partial charge in [0.05, 0.1) is 0 Å². The summed E-state index contributed by atoms with van der Waals surface area (Å²) < 4.78 is 0. The zero-order valence-electron chi connectivity index (χ0n) is 9.18. The summed E-state index contributed by atoms with van der Waals surface area (Å²) >= 11 is 0. The minimum absolute atomic E-state index is 0.250. The van der Waals surface area contributed by atoms with E-state index in [1.54, 1.807) is 0 Å². The normalized spacial score (nSPS) is 26.3. The molecule has 0 bridgehead atoms. The summed E-state index contributed by atoms with van der Waals surface area (Å²) in [6.45, 7) is 4.12. The Bertz CT molecular complexity index is 227. The molecule has 2 aliphatic rings. The van der Waals surface area contributed by atoms with E-state index in [1.165, 1.54) is 0 Å². The van der Waals surface area contributed by atoms with Crippen molar-refractivity contribution < 1.29 is 4.79 Å². The summed E-state index contributed by atoms with van der Waals surface area (Å²) in [7, 11) is 2.01. The number of rotatable bonds is 2. The number of carbonyl (C=O) groups excluding carboxylic acids is 1. The van der Waals surface area contributed by atoms with E-state index in [0.29, 0.717) is 11.8 Å². The van der Waals surface area contributed by atoms with E-state index in [2.05, 4.69) is 17.1 Å². The van der Waals surface area contributed by atoms with Crippen LogP contribution in [0.5, 0.6) is 0 Å². The Morgan fingerprint density at radius 1 is 1.36 bits per heavy atom. The highest BCUT2D eigenvalue weighted by atomic mass is 16.2. The van der Waals surface area contributed by atoms with Crippen LogP contribution < -0.4 is 5.32 Å². The maximum Gasteiger partial charge on any atom is 0.225 e. The fraction of sp³-hybridized carbons (Fsp3) is 0.909. The first-order valence-corrected chi connectivity index (χ1v) is 5.62. The van der Waals surface area contributed by atoms with Crippen molar-refractivity contribution in [1.82, 2.24) is 10.2 Å². The average molecular weight is 196 g/mol. The minimum atomic E-state index is 0.250. The summed E-state index contributed by atoms with van der Waals surface area (Å²) in [4.78, 5) is 13.8. The van der Waals surface area contributed by atoms with Crippen LogP contribution in [0.3, 0.4) is 0 Å². The van der Waals surface area contributed by atoms with E-state index >= 15 is 0 Å². The summed E-state index contributed by atoms with van der Waals surface area (Å²) in [6, 6.07) is 0. The summed E-state index contributed by atoms with van der Waals surface area (Å²) in [5.74, 6) is 0.789. The lowest BCUT2D eigenvalue weighted by molar-refractivity contribution is -0.134. The first-order chi connectivity index (χ1) is 6.64. The van der Waals surface area contributed by atoms with Crippen molar-refractivity contribution in [1.29, 1.82) is 0 Å². The summed E-state index contributed by atoms with van der Waals surface area (Å²) in [6.07, 6.45) is 4.42. The molecule has 0 radical (unpaired) electrons. The van der Waals surface area contributed by atoms with Crippen molar-refractivity contribution in [2.75, 3.05) is 20.1 Å². The van der Waals surface area contributed by atoms with Crippen molar-refractivity contribution in [3.05, 3.63) is 0 Å². The van der Waals surface area contributed by atoms with E-state index in [9.17, 15) is 4.79 Å². The molecule has 3 heteroatoms. The largest absolute Gasteiger partial charge is 0.342 e. The second-order valence-electron chi connectivity index (χ2n) is 4.91. The van der Waals surface area contributed by atoms with Crippen molar-refractivity contribution in [2.24, 2.45) is 5.92 Å². The molecule has 80 valence electrons. The molecule has 3 nitrogen and oxygen atoms in total. The molecule has 2 fully saturated rings. The molecule has 1 aliphatic heterocycles. The van der Waals surface area contributed by atoms with Gasteiger partial charge in [-0.25, -0.2) is 0 Å². The van der Waals surface area contributed by atoms with E-state index in [-0.39, 0.29) is 5.54 Å². The molecule has 1 N–H and O–H groups in total. The van der Waals surface area contributed by atoms with Crippen LogP contribution >= 0.6 is 0 Å². The number of amides is 1. The maximum absolute atomic E-state index is 11.8. The zero-order valence-corrected chi connectivity index (χ0v) is 9.18. The van der Waals surface area contributed by atoms with Crippen molar-refractivity contribution >= 4 is 5.91 Å². The molecule has 1 heterocycles. The molecule has 0 aromatic heterocycles. The van der Waals surface area contributed by atoms with E-state index < -0.39 is 0 Å². The standard InChI is InChI=1S/C11H20N2O/c1-11(12-2)5-7-13(8-6-11)10(14)9-3-4-9/h9,12H,3-8H2,1-2H3. The number of likely N-dealkylation sites (tertiary alicyclic amines) is 1. The van der Waals surface area contributed by atoms with Crippen molar-refractivity contribution in [3.63, 3.8) is 0 Å². The van der Waals surface area contributed by atoms with Gasteiger partial charge in [-0.1, -0.05) is 0 Å². The quantitative estimate of drug-likeness (QED) is 0.714. The fourth-order valence-electron chi connectivity index (χ4n) is 2.06. The molecule has 0 spiro atoms. The van der Waals surface area contributed by atoms with Crippen LogP contribution in [-0.4, -0.2) is 36.5 Å². The second kappa shape index (κ2) is 3.54. The summed E-state index contributed by atoms with van der Waals surface area (Å²) in [5.41, 5.74) is 0.250. The van der Waals surface area contributed by atoms with Crippen LogP contribution in [-0.2, 0) is 4.79 Å². The first kappa shape index (κ1) is 9.97. The Labute approximate surface area is 85.8 Å². The Balaban J connectivity index is 1.86. The SMILES string of the molecule is CNC1(C)CCN(C(=O)C2CC2)CC1. The topological polar surface area (TPSA) is 32.3 Å². The smallest absolute Gasteiger partial charge is 0.225 e. The number of hydrogen-bond donors (Lipinski definition) is 1. The van der Waals surface area contributed by atoms with Gasteiger partial charge >= 0.3 is 0 Å². The first-order valence-electron chi connectivity index (χ1n) is 5.62. The third-order valence-electron chi connectivity index (χ3n) is 3.71. The number of hydrogen-bond acceptors (Lipinski definition) is 2. The zero-order chi connectivity index (χ0) is 10.2. The summed E-state index contributed by atoms with van der Waals surface area (Å²) in [5, 5.41) is 3.35. The van der Waals surface area contributed by atoms with Gasteiger partial charge in [-0.05, 0) is 39.7 Å². The average Bonchev–Trinajstić information content (AvgIpc) is 3.01. The van der Waals surface area contributed by atoms with E-state index in [0.717, 1.165) is 38.8 Å². The van der Waals surface area contributed by atoms with Gasteiger partial charge in [0.25, 0.3) is 0 Å². The van der Waals surface area contributed by atoms with Gasteiger partial charge in [-0.15, -0.1) is 0 Å². The fourth-order valence-corrected chi connectivity index (χ4v) is 2.06. The monoisotopic (exact) mass is 196 g/mol.